The van der Waals surface area contributed by atoms with Gasteiger partial charge in [-0.25, -0.2) is 4.79 Å². The number of carbonyl (C=O) groups excluding carboxylic acids is 2. The summed E-state index contributed by atoms with van der Waals surface area (Å²) >= 11 is 0. The van der Waals surface area contributed by atoms with Crippen molar-refractivity contribution in [2.24, 2.45) is 10.8 Å². The van der Waals surface area contributed by atoms with Crippen LogP contribution in [0.1, 0.15) is 0 Å². The first-order valence-electron chi connectivity index (χ1n) is 1.23. The van der Waals surface area contributed by atoms with Crippen molar-refractivity contribution in [1.29, 1.82) is 5.53 Å². The van der Waals surface area contributed by atoms with Crippen LogP contribution in [-0.4, -0.2) is 12.8 Å². The standard InChI is InChI=1S/CH3N3O.CH2O/c2-1(5)4-3;1-2/h3H,(H2,2,5);1H2. The second-order valence-corrected chi connectivity index (χ2v) is 0.450. The molecule has 3 N–H and O–H groups in total. The minimum atomic E-state index is -0.954. The first-order chi connectivity index (χ1) is 3.27. The van der Waals surface area contributed by atoms with Crippen LogP contribution in [0.4, 0.5) is 4.79 Å². The maximum Gasteiger partial charge on any atom is 0.356 e. The minimum Gasteiger partial charge on any atom is -0.348 e. The van der Waals surface area contributed by atoms with Gasteiger partial charge >= 0.3 is 6.03 Å². The van der Waals surface area contributed by atoms with E-state index in [-0.39, 0.29) is 0 Å². The smallest absolute Gasteiger partial charge is 0.348 e. The summed E-state index contributed by atoms with van der Waals surface area (Å²) in [6, 6.07) is -0.954. The summed E-state index contributed by atoms with van der Waals surface area (Å²) in [5.74, 6) is 0. The number of nitrogens with two attached hydrogens (primary N) is 1. The molecule has 0 spiro atoms. The number of hydrogen-bond acceptors (Lipinski definition) is 3. The predicted molar refractivity (Wildman–Crippen MR) is 21.9 cm³/mol. The van der Waals surface area contributed by atoms with Crippen molar-refractivity contribution in [3.05, 3.63) is 0 Å². The molecule has 0 heterocycles. The highest BCUT2D eigenvalue weighted by Crippen LogP contribution is 1.55. The van der Waals surface area contributed by atoms with Gasteiger partial charge in [0.15, 0.2) is 0 Å². The fourth-order valence-electron chi connectivity index (χ4n) is 0. The molecule has 0 aliphatic carbocycles. The summed E-state index contributed by atoms with van der Waals surface area (Å²) in [5, 5.41) is 2.28. The Morgan fingerprint density at radius 2 is 1.86 bits per heavy atom. The number of amides is 2. The zero-order valence-electron chi connectivity index (χ0n) is 3.55. The first-order valence-corrected chi connectivity index (χ1v) is 1.23. The van der Waals surface area contributed by atoms with E-state index in [0.717, 1.165) is 0 Å². The Morgan fingerprint density at radius 3 is 1.86 bits per heavy atom. The van der Waals surface area contributed by atoms with E-state index in [2.05, 4.69) is 10.8 Å². The molecule has 0 bridgehead atoms. The molecule has 0 aromatic rings. The van der Waals surface area contributed by atoms with E-state index in [0.29, 0.717) is 0 Å². The van der Waals surface area contributed by atoms with Crippen LogP contribution in [0.2, 0.25) is 0 Å². The molecule has 0 rings (SSSR count). The van der Waals surface area contributed by atoms with Gasteiger partial charge in [0.1, 0.15) is 6.79 Å². The van der Waals surface area contributed by atoms with Crippen LogP contribution in [0.25, 0.3) is 0 Å². The van der Waals surface area contributed by atoms with E-state index in [1.807, 2.05) is 6.79 Å². The third-order valence-electron chi connectivity index (χ3n) is 0.110. The van der Waals surface area contributed by atoms with Gasteiger partial charge in [0.25, 0.3) is 0 Å². The number of nitrogens with zero attached hydrogens (tertiary/aromatic N) is 1. The number of primary amides is 1. The number of nitrogens with one attached hydrogen (secondary N) is 1. The first kappa shape index (κ1) is 9.22. The Hall–Kier alpha value is -1.26. The Morgan fingerprint density at radius 1 is 1.71 bits per heavy atom. The second kappa shape index (κ2) is 8.83. The zero-order valence-corrected chi connectivity index (χ0v) is 3.55. The molecule has 5 nitrogen and oxygen atoms in total. The molecule has 5 heteroatoms. The maximum atomic E-state index is 9.24. The van der Waals surface area contributed by atoms with Gasteiger partial charge in [-0.2, -0.15) is 5.53 Å². The molecule has 0 radical (unpaired) electrons. The Labute approximate surface area is 40.0 Å². The molecule has 0 aromatic carbocycles. The molecule has 0 aliphatic rings. The Kier molecular flexibility index (Phi) is 11.6. The SMILES string of the molecule is C=O.N=NC(N)=O. The van der Waals surface area contributed by atoms with E-state index in [9.17, 15) is 4.79 Å². The lowest BCUT2D eigenvalue weighted by Crippen LogP contribution is -2.00. The zero-order chi connectivity index (χ0) is 6.28. The molecule has 0 saturated heterocycles. The van der Waals surface area contributed by atoms with Gasteiger partial charge in [0.2, 0.25) is 0 Å². The quantitative estimate of drug-likeness (QED) is 0.419. The van der Waals surface area contributed by atoms with Crippen LogP contribution in [0, 0.1) is 5.53 Å². The van der Waals surface area contributed by atoms with Crippen LogP contribution in [-0.2, 0) is 4.79 Å². The number of urea groups is 1. The van der Waals surface area contributed by atoms with E-state index in [4.69, 9.17) is 10.3 Å². The Balaban J connectivity index is 0. The topological polar surface area (TPSA) is 96.4 Å². The van der Waals surface area contributed by atoms with Gasteiger partial charge in [0.05, 0.1) is 0 Å². The van der Waals surface area contributed by atoms with E-state index in [1.54, 1.807) is 0 Å². The molecule has 0 aromatic heterocycles. The van der Waals surface area contributed by atoms with Gasteiger partial charge in [-0.3, -0.25) is 0 Å². The molecule has 2 amide bonds. The highest BCUT2D eigenvalue weighted by Gasteiger charge is 1.73. The van der Waals surface area contributed by atoms with E-state index < -0.39 is 6.03 Å². The molecule has 0 unspecified atom stereocenters. The third-order valence-corrected chi connectivity index (χ3v) is 0.110. The molecular weight excluding hydrogens is 98.0 g/mol. The van der Waals surface area contributed by atoms with Crippen molar-refractivity contribution in [3.8, 4) is 0 Å². The monoisotopic (exact) mass is 103 g/mol. The number of carbonyl (C=O) groups is 2. The average molecular weight is 103 g/mol. The van der Waals surface area contributed by atoms with Crippen molar-refractivity contribution in [1.82, 2.24) is 0 Å². The third kappa shape index (κ3) is 65.0. The van der Waals surface area contributed by atoms with Crippen LogP contribution in [0.3, 0.4) is 0 Å². The minimum absolute atomic E-state index is 0.954. The summed E-state index contributed by atoms with van der Waals surface area (Å²) in [6.45, 7) is 2.00. The fraction of sp³-hybridized carbons (Fsp3) is 0. The number of rotatable bonds is 0. The molecule has 0 saturated carbocycles. The second-order valence-electron chi connectivity index (χ2n) is 0.450. The largest absolute Gasteiger partial charge is 0.356 e. The predicted octanol–water partition coefficient (Wildman–Crippen LogP) is -0.0888. The van der Waals surface area contributed by atoms with Gasteiger partial charge < -0.3 is 10.5 Å². The van der Waals surface area contributed by atoms with Gasteiger partial charge in [-0.15, -0.1) is 0 Å². The van der Waals surface area contributed by atoms with Crippen LogP contribution >= 0.6 is 0 Å². The van der Waals surface area contributed by atoms with Gasteiger partial charge in [-0.1, -0.05) is 5.11 Å². The van der Waals surface area contributed by atoms with Crippen LogP contribution < -0.4 is 5.73 Å². The maximum absolute atomic E-state index is 9.24. The Bertz CT molecular complexity index is 71.3. The lowest BCUT2D eigenvalue weighted by molar-refractivity contribution is -0.0979. The summed E-state index contributed by atoms with van der Waals surface area (Å²) in [7, 11) is 0. The summed E-state index contributed by atoms with van der Waals surface area (Å²) in [5.41, 5.74) is 10.1. The summed E-state index contributed by atoms with van der Waals surface area (Å²) in [4.78, 5) is 17.2. The normalized spacial score (nSPS) is 5.14. The molecular formula is C2H5N3O2. The molecule has 0 aliphatic heterocycles. The molecule has 0 atom stereocenters. The molecule has 0 fully saturated rings. The van der Waals surface area contributed by atoms with Crippen molar-refractivity contribution in [3.63, 3.8) is 0 Å². The molecule has 7 heavy (non-hydrogen) atoms. The van der Waals surface area contributed by atoms with E-state index in [1.165, 1.54) is 0 Å². The van der Waals surface area contributed by atoms with Crippen molar-refractivity contribution < 1.29 is 9.59 Å². The lowest BCUT2D eigenvalue weighted by atomic mass is 11.2. The average Bonchev–Trinajstić information content (AvgIpc) is 1.73. The van der Waals surface area contributed by atoms with E-state index >= 15 is 0 Å². The number of hydrogen-bond donors (Lipinski definition) is 2. The highest BCUT2D eigenvalue weighted by atomic mass is 16.2. The van der Waals surface area contributed by atoms with Crippen molar-refractivity contribution >= 4 is 12.8 Å². The van der Waals surface area contributed by atoms with Crippen molar-refractivity contribution in [2.75, 3.05) is 0 Å². The molecule has 40 valence electrons. The summed E-state index contributed by atoms with van der Waals surface area (Å²) in [6.07, 6.45) is 0. The van der Waals surface area contributed by atoms with Crippen LogP contribution in [0.15, 0.2) is 5.11 Å². The van der Waals surface area contributed by atoms with Gasteiger partial charge in [0, 0.05) is 0 Å². The highest BCUT2D eigenvalue weighted by molar-refractivity contribution is 5.71. The fourth-order valence-corrected chi connectivity index (χ4v) is 0. The van der Waals surface area contributed by atoms with Gasteiger partial charge in [-0.05, 0) is 0 Å². The van der Waals surface area contributed by atoms with Crippen molar-refractivity contribution in [2.45, 2.75) is 0 Å². The van der Waals surface area contributed by atoms with Crippen LogP contribution in [0.5, 0.6) is 0 Å². The summed E-state index contributed by atoms with van der Waals surface area (Å²) < 4.78 is 0. The lowest BCUT2D eigenvalue weighted by Gasteiger charge is -1.63.